The first kappa shape index (κ1) is 17.9. The second-order valence-electron chi connectivity index (χ2n) is 6.87. The highest BCUT2D eigenvalue weighted by Crippen LogP contribution is 2.45. The van der Waals surface area contributed by atoms with E-state index in [-0.39, 0.29) is 5.60 Å². The molecule has 1 aromatic carbocycles. The number of hydrogen-bond donors (Lipinski definition) is 0. The average Bonchev–Trinajstić information content (AvgIpc) is 2.74. The van der Waals surface area contributed by atoms with Crippen LogP contribution in [0.1, 0.15) is 24.0 Å². The third-order valence-corrected chi connectivity index (χ3v) is 5.55. The highest BCUT2D eigenvalue weighted by Gasteiger charge is 2.42. The number of fused-ring (bicyclic) bond motifs is 2. The summed E-state index contributed by atoms with van der Waals surface area (Å²) in [4.78, 5) is 11.0. The van der Waals surface area contributed by atoms with E-state index in [4.69, 9.17) is 18.9 Å². The SMILES string of the molecule is COc1cnc(N2CCC3(CC2)OCCc2cc(OC)c(OC)cc23)nc1. The number of rotatable bonds is 4. The van der Waals surface area contributed by atoms with Gasteiger partial charge in [0.05, 0.1) is 45.9 Å². The number of aromatic nitrogens is 2. The van der Waals surface area contributed by atoms with Gasteiger partial charge < -0.3 is 23.8 Å². The largest absolute Gasteiger partial charge is 0.494 e. The molecule has 2 aliphatic rings. The molecule has 1 fully saturated rings. The first-order valence-corrected chi connectivity index (χ1v) is 9.19. The molecule has 1 saturated heterocycles. The predicted molar refractivity (Wildman–Crippen MR) is 101 cm³/mol. The van der Waals surface area contributed by atoms with Crippen molar-refractivity contribution >= 4 is 5.95 Å². The fourth-order valence-corrected chi connectivity index (χ4v) is 4.05. The molecule has 0 atom stereocenters. The van der Waals surface area contributed by atoms with Crippen molar-refractivity contribution in [1.82, 2.24) is 9.97 Å². The van der Waals surface area contributed by atoms with Crippen molar-refractivity contribution in [3.05, 3.63) is 35.7 Å². The van der Waals surface area contributed by atoms with Crippen molar-refractivity contribution in [2.45, 2.75) is 24.9 Å². The molecule has 7 nitrogen and oxygen atoms in total. The van der Waals surface area contributed by atoms with Gasteiger partial charge in [-0.2, -0.15) is 0 Å². The molecule has 0 amide bonds. The van der Waals surface area contributed by atoms with Gasteiger partial charge >= 0.3 is 0 Å². The Balaban J connectivity index is 1.58. The molecule has 2 aliphatic heterocycles. The van der Waals surface area contributed by atoms with Crippen LogP contribution in [-0.2, 0) is 16.8 Å². The van der Waals surface area contributed by atoms with Crippen LogP contribution < -0.4 is 19.1 Å². The molecule has 1 aromatic heterocycles. The molecule has 144 valence electrons. The van der Waals surface area contributed by atoms with E-state index in [1.807, 2.05) is 0 Å². The van der Waals surface area contributed by atoms with E-state index in [0.717, 1.165) is 56.4 Å². The van der Waals surface area contributed by atoms with E-state index < -0.39 is 0 Å². The second kappa shape index (κ2) is 7.23. The Morgan fingerprint density at radius 2 is 1.63 bits per heavy atom. The van der Waals surface area contributed by atoms with E-state index in [1.54, 1.807) is 33.7 Å². The summed E-state index contributed by atoms with van der Waals surface area (Å²) in [6.45, 7) is 2.39. The summed E-state index contributed by atoms with van der Waals surface area (Å²) in [6, 6.07) is 4.18. The highest BCUT2D eigenvalue weighted by molar-refractivity contribution is 5.51. The zero-order valence-electron chi connectivity index (χ0n) is 16.0. The van der Waals surface area contributed by atoms with Crippen LogP contribution >= 0.6 is 0 Å². The molecule has 0 radical (unpaired) electrons. The second-order valence-corrected chi connectivity index (χ2v) is 6.87. The normalized spacial score (nSPS) is 18.1. The number of ether oxygens (including phenoxy) is 4. The zero-order chi connectivity index (χ0) is 18.9. The lowest BCUT2D eigenvalue weighted by atomic mass is 9.79. The summed E-state index contributed by atoms with van der Waals surface area (Å²) in [6.07, 6.45) is 6.06. The Bertz CT molecular complexity index is 802. The number of methoxy groups -OCH3 is 3. The molecule has 7 heteroatoms. The van der Waals surface area contributed by atoms with Gasteiger partial charge in [-0.05, 0) is 42.5 Å². The molecular formula is C20H25N3O4. The Hall–Kier alpha value is -2.54. The molecule has 0 saturated carbocycles. The van der Waals surface area contributed by atoms with E-state index in [0.29, 0.717) is 5.75 Å². The molecule has 1 spiro atoms. The van der Waals surface area contributed by atoms with Crippen molar-refractivity contribution in [1.29, 1.82) is 0 Å². The molecule has 0 aliphatic carbocycles. The molecule has 2 aromatic rings. The summed E-state index contributed by atoms with van der Waals surface area (Å²) in [5.41, 5.74) is 2.23. The summed E-state index contributed by atoms with van der Waals surface area (Å²) in [5, 5.41) is 0. The van der Waals surface area contributed by atoms with Crippen molar-refractivity contribution < 1.29 is 18.9 Å². The summed E-state index contributed by atoms with van der Waals surface area (Å²) >= 11 is 0. The lowest BCUT2D eigenvalue weighted by Crippen LogP contribution is -2.47. The summed E-state index contributed by atoms with van der Waals surface area (Å²) in [7, 11) is 4.96. The Kier molecular flexibility index (Phi) is 4.78. The van der Waals surface area contributed by atoms with Crippen LogP contribution in [0.4, 0.5) is 5.95 Å². The topological polar surface area (TPSA) is 65.9 Å². The Morgan fingerprint density at radius 3 is 2.26 bits per heavy atom. The molecule has 0 unspecified atom stereocenters. The maximum Gasteiger partial charge on any atom is 0.225 e. The molecule has 3 heterocycles. The van der Waals surface area contributed by atoms with Gasteiger partial charge in [0.15, 0.2) is 17.2 Å². The molecule has 27 heavy (non-hydrogen) atoms. The first-order chi connectivity index (χ1) is 13.2. The van der Waals surface area contributed by atoms with Gasteiger partial charge in [-0.3, -0.25) is 0 Å². The van der Waals surface area contributed by atoms with E-state index in [9.17, 15) is 0 Å². The molecule has 0 N–H and O–H groups in total. The van der Waals surface area contributed by atoms with Crippen LogP contribution in [0.2, 0.25) is 0 Å². The van der Waals surface area contributed by atoms with E-state index in [2.05, 4.69) is 27.0 Å². The van der Waals surface area contributed by atoms with Gasteiger partial charge in [-0.15, -0.1) is 0 Å². The zero-order valence-corrected chi connectivity index (χ0v) is 16.0. The van der Waals surface area contributed by atoms with Gasteiger partial charge in [0.2, 0.25) is 5.95 Å². The summed E-state index contributed by atoms with van der Waals surface area (Å²) in [5.74, 6) is 2.92. The molecule has 0 bridgehead atoms. The minimum Gasteiger partial charge on any atom is -0.494 e. The van der Waals surface area contributed by atoms with Crippen molar-refractivity contribution in [3.8, 4) is 17.2 Å². The van der Waals surface area contributed by atoms with Gasteiger partial charge in [-0.1, -0.05) is 0 Å². The minimum absolute atomic E-state index is 0.282. The maximum absolute atomic E-state index is 6.34. The monoisotopic (exact) mass is 371 g/mol. The average molecular weight is 371 g/mol. The van der Waals surface area contributed by atoms with Crippen LogP contribution in [0.5, 0.6) is 17.2 Å². The Morgan fingerprint density at radius 1 is 0.963 bits per heavy atom. The van der Waals surface area contributed by atoms with E-state index in [1.165, 1.54) is 11.1 Å². The minimum atomic E-state index is -0.282. The van der Waals surface area contributed by atoms with Crippen LogP contribution in [0.3, 0.4) is 0 Å². The van der Waals surface area contributed by atoms with Crippen LogP contribution in [0.15, 0.2) is 24.5 Å². The fourth-order valence-electron chi connectivity index (χ4n) is 4.05. The van der Waals surface area contributed by atoms with Crippen molar-refractivity contribution in [2.75, 3.05) is 45.9 Å². The van der Waals surface area contributed by atoms with Crippen molar-refractivity contribution in [2.24, 2.45) is 0 Å². The number of nitrogens with zero attached hydrogens (tertiary/aromatic N) is 3. The maximum atomic E-state index is 6.34. The van der Waals surface area contributed by atoms with Gasteiger partial charge in [0.1, 0.15) is 0 Å². The number of benzene rings is 1. The first-order valence-electron chi connectivity index (χ1n) is 9.19. The third kappa shape index (κ3) is 3.16. The van der Waals surface area contributed by atoms with Crippen LogP contribution in [0, 0.1) is 0 Å². The molecular weight excluding hydrogens is 346 g/mol. The standard InChI is InChI=1S/C20H25N3O4/c1-24-15-12-21-19(22-13-15)23-7-5-20(6-8-23)16-11-18(26-3)17(25-2)10-14(16)4-9-27-20/h10-13H,4-9H2,1-3H3. The Labute approximate surface area is 159 Å². The quantitative estimate of drug-likeness (QED) is 0.818. The predicted octanol–water partition coefficient (Wildman–Crippen LogP) is 2.57. The van der Waals surface area contributed by atoms with Gasteiger partial charge in [-0.25, -0.2) is 9.97 Å². The third-order valence-electron chi connectivity index (χ3n) is 5.55. The highest BCUT2D eigenvalue weighted by atomic mass is 16.5. The number of piperidine rings is 1. The van der Waals surface area contributed by atoms with Crippen molar-refractivity contribution in [3.63, 3.8) is 0 Å². The number of anilines is 1. The lowest BCUT2D eigenvalue weighted by Gasteiger charge is -2.45. The lowest BCUT2D eigenvalue weighted by molar-refractivity contribution is -0.0769. The van der Waals surface area contributed by atoms with Gasteiger partial charge in [0, 0.05) is 13.1 Å². The summed E-state index contributed by atoms with van der Waals surface area (Å²) < 4.78 is 22.5. The van der Waals surface area contributed by atoms with E-state index >= 15 is 0 Å². The fraction of sp³-hybridized carbons (Fsp3) is 0.500. The van der Waals surface area contributed by atoms with Gasteiger partial charge in [0.25, 0.3) is 0 Å². The number of hydrogen-bond acceptors (Lipinski definition) is 7. The smallest absolute Gasteiger partial charge is 0.225 e. The van der Waals surface area contributed by atoms with Crippen LogP contribution in [-0.4, -0.2) is 51.0 Å². The van der Waals surface area contributed by atoms with Crippen LogP contribution in [0.25, 0.3) is 0 Å². The molecule has 4 rings (SSSR count).